The van der Waals surface area contributed by atoms with E-state index < -0.39 is 10.0 Å². The monoisotopic (exact) mass is 331 g/mol. The third-order valence-electron chi connectivity index (χ3n) is 3.84. The summed E-state index contributed by atoms with van der Waals surface area (Å²) in [5.41, 5.74) is 3.07. The van der Waals surface area contributed by atoms with Gasteiger partial charge in [-0.2, -0.15) is 0 Å². The number of anilines is 1. The maximum Gasteiger partial charge on any atom is 0.309 e. The summed E-state index contributed by atoms with van der Waals surface area (Å²) in [6, 6.07) is 14.8. The molecular weight excluding hydrogens is 314 g/mol. The van der Waals surface area contributed by atoms with Crippen molar-refractivity contribution < 1.29 is 17.9 Å². The number of fused-ring (bicyclic) bond motifs is 1. The first-order chi connectivity index (χ1) is 11.0. The normalized spacial score (nSPS) is 15.3. The summed E-state index contributed by atoms with van der Waals surface area (Å²) in [6.07, 6.45) is 0.128. The number of nitrogens with zero attached hydrogens (tertiary/aromatic N) is 1. The van der Waals surface area contributed by atoms with Crippen molar-refractivity contribution in [3.8, 4) is 0 Å². The Bertz CT molecular complexity index is 831. The zero-order valence-electron chi connectivity index (χ0n) is 12.7. The van der Waals surface area contributed by atoms with Crippen LogP contribution in [0.2, 0.25) is 0 Å². The Hall–Kier alpha value is -2.34. The molecule has 0 N–H and O–H groups in total. The summed E-state index contributed by atoms with van der Waals surface area (Å²) in [5.74, 6) is -0.353. The van der Waals surface area contributed by atoms with Gasteiger partial charge in [0.05, 0.1) is 31.5 Å². The summed E-state index contributed by atoms with van der Waals surface area (Å²) in [7, 11) is -2.04. The second kappa shape index (κ2) is 6.04. The molecule has 0 unspecified atom stereocenters. The molecule has 3 rings (SSSR count). The lowest BCUT2D eigenvalue weighted by Gasteiger charge is -2.19. The van der Waals surface area contributed by atoms with E-state index in [2.05, 4.69) is 4.74 Å². The molecule has 0 aromatic heterocycles. The van der Waals surface area contributed by atoms with Crippen LogP contribution in [0.4, 0.5) is 5.69 Å². The van der Waals surface area contributed by atoms with E-state index in [1.807, 2.05) is 30.3 Å². The molecule has 0 spiro atoms. The van der Waals surface area contributed by atoms with Gasteiger partial charge in [0, 0.05) is 0 Å². The Labute approximate surface area is 135 Å². The van der Waals surface area contributed by atoms with Gasteiger partial charge in [-0.3, -0.25) is 9.10 Å². The number of sulfonamides is 1. The largest absolute Gasteiger partial charge is 0.469 e. The minimum Gasteiger partial charge on any atom is -0.469 e. The van der Waals surface area contributed by atoms with Crippen molar-refractivity contribution in [1.29, 1.82) is 0 Å². The second-order valence-corrected chi connectivity index (χ2v) is 7.36. The molecule has 1 aliphatic rings. The molecule has 0 saturated carbocycles. The topological polar surface area (TPSA) is 63.7 Å². The van der Waals surface area contributed by atoms with Gasteiger partial charge in [-0.05, 0) is 22.8 Å². The highest BCUT2D eigenvalue weighted by molar-refractivity contribution is 7.92. The van der Waals surface area contributed by atoms with Gasteiger partial charge >= 0.3 is 5.97 Å². The Kier molecular flexibility index (Phi) is 4.09. The zero-order valence-corrected chi connectivity index (χ0v) is 13.5. The molecule has 0 fully saturated rings. The van der Waals surface area contributed by atoms with E-state index >= 15 is 0 Å². The van der Waals surface area contributed by atoms with E-state index in [9.17, 15) is 13.2 Å². The van der Waals surface area contributed by atoms with Gasteiger partial charge in [0.25, 0.3) is 0 Å². The number of carbonyl (C=O) groups excluding carboxylic acids is 1. The average molecular weight is 331 g/mol. The number of hydrogen-bond acceptors (Lipinski definition) is 4. The maximum atomic E-state index is 12.4. The number of ether oxygens (including phenoxy) is 1. The minimum absolute atomic E-state index is 0.00628. The van der Waals surface area contributed by atoms with Crippen LogP contribution in [-0.2, 0) is 38.3 Å². The van der Waals surface area contributed by atoms with Gasteiger partial charge in [-0.15, -0.1) is 0 Å². The lowest BCUT2D eigenvalue weighted by molar-refractivity contribution is -0.139. The molecule has 0 bridgehead atoms. The predicted molar refractivity (Wildman–Crippen MR) is 87.4 cm³/mol. The van der Waals surface area contributed by atoms with Crippen LogP contribution in [0.15, 0.2) is 48.5 Å². The van der Waals surface area contributed by atoms with Gasteiger partial charge in [0.2, 0.25) is 10.0 Å². The van der Waals surface area contributed by atoms with Crippen LogP contribution in [0.1, 0.15) is 16.7 Å². The first-order valence-electron chi connectivity index (χ1n) is 7.22. The lowest BCUT2D eigenvalue weighted by Crippen LogP contribution is -2.26. The van der Waals surface area contributed by atoms with E-state index in [0.717, 1.165) is 16.7 Å². The van der Waals surface area contributed by atoms with Gasteiger partial charge < -0.3 is 4.74 Å². The molecule has 2 aromatic rings. The van der Waals surface area contributed by atoms with Crippen LogP contribution in [0, 0.1) is 0 Å². The molecule has 2 aromatic carbocycles. The molecule has 0 radical (unpaired) electrons. The van der Waals surface area contributed by atoms with Gasteiger partial charge in [0.1, 0.15) is 0 Å². The summed E-state index contributed by atoms with van der Waals surface area (Å²) in [6.45, 7) is 0.290. The Morgan fingerprint density at radius 3 is 2.57 bits per heavy atom. The summed E-state index contributed by atoms with van der Waals surface area (Å²) in [4.78, 5) is 11.4. The molecule has 5 nitrogen and oxygen atoms in total. The number of esters is 1. The van der Waals surface area contributed by atoms with E-state index in [4.69, 9.17) is 0 Å². The second-order valence-electron chi connectivity index (χ2n) is 5.46. The van der Waals surface area contributed by atoms with Crippen LogP contribution >= 0.6 is 0 Å². The summed E-state index contributed by atoms with van der Waals surface area (Å²) in [5, 5.41) is 0. The fourth-order valence-corrected chi connectivity index (χ4v) is 4.28. The fourth-order valence-electron chi connectivity index (χ4n) is 2.67. The molecule has 1 heterocycles. The van der Waals surface area contributed by atoms with Crippen LogP contribution in [0.5, 0.6) is 0 Å². The third-order valence-corrected chi connectivity index (χ3v) is 5.51. The highest BCUT2D eigenvalue weighted by Gasteiger charge is 2.33. The van der Waals surface area contributed by atoms with Crippen LogP contribution in [0.25, 0.3) is 0 Å². The SMILES string of the molecule is COC(=O)Cc1ccc2c(c1)N(Cc1ccccc1)S(=O)(=O)C2. The van der Waals surface area contributed by atoms with Crippen molar-refractivity contribution in [2.24, 2.45) is 0 Å². The average Bonchev–Trinajstić information content (AvgIpc) is 2.78. The first-order valence-corrected chi connectivity index (χ1v) is 8.83. The molecule has 6 heteroatoms. The van der Waals surface area contributed by atoms with Crippen molar-refractivity contribution in [3.05, 3.63) is 65.2 Å². The minimum atomic E-state index is -3.38. The molecule has 23 heavy (non-hydrogen) atoms. The van der Waals surface area contributed by atoms with Crippen molar-refractivity contribution in [3.63, 3.8) is 0 Å². The van der Waals surface area contributed by atoms with Crippen LogP contribution < -0.4 is 4.31 Å². The van der Waals surface area contributed by atoms with Crippen LogP contribution in [-0.4, -0.2) is 21.5 Å². The van der Waals surface area contributed by atoms with Crippen molar-refractivity contribution >= 4 is 21.7 Å². The fraction of sp³-hybridized carbons (Fsp3) is 0.235. The Morgan fingerprint density at radius 1 is 1.13 bits per heavy atom. The van der Waals surface area contributed by atoms with Gasteiger partial charge in [0.15, 0.2) is 0 Å². The van der Waals surface area contributed by atoms with Gasteiger partial charge in [-0.25, -0.2) is 8.42 Å². The third kappa shape index (κ3) is 3.22. The quantitative estimate of drug-likeness (QED) is 0.806. The molecule has 0 aliphatic carbocycles. The Balaban J connectivity index is 1.95. The number of rotatable bonds is 4. The molecule has 0 saturated heterocycles. The van der Waals surface area contributed by atoms with E-state index in [1.54, 1.807) is 18.2 Å². The summed E-state index contributed by atoms with van der Waals surface area (Å²) >= 11 is 0. The zero-order chi connectivity index (χ0) is 16.4. The van der Waals surface area contributed by atoms with Crippen molar-refractivity contribution in [2.75, 3.05) is 11.4 Å². The first kappa shape index (κ1) is 15.6. The van der Waals surface area contributed by atoms with Crippen molar-refractivity contribution in [1.82, 2.24) is 0 Å². The maximum absolute atomic E-state index is 12.4. The standard InChI is InChI=1S/C17H17NO4S/c1-22-17(19)10-14-7-8-15-12-23(20,21)18(16(15)9-14)11-13-5-3-2-4-6-13/h2-9H,10-12H2,1H3. The summed E-state index contributed by atoms with van der Waals surface area (Å²) < 4.78 is 31.0. The van der Waals surface area contributed by atoms with E-state index in [0.29, 0.717) is 5.69 Å². The predicted octanol–water partition coefficient (Wildman–Crippen LogP) is 2.25. The number of benzene rings is 2. The van der Waals surface area contributed by atoms with Crippen molar-refractivity contribution in [2.45, 2.75) is 18.7 Å². The number of hydrogen-bond donors (Lipinski definition) is 0. The molecule has 0 atom stereocenters. The molecule has 120 valence electrons. The smallest absolute Gasteiger partial charge is 0.309 e. The van der Waals surface area contributed by atoms with E-state index in [-0.39, 0.29) is 24.7 Å². The lowest BCUT2D eigenvalue weighted by atomic mass is 10.1. The molecule has 0 amide bonds. The number of methoxy groups -OCH3 is 1. The highest BCUT2D eigenvalue weighted by atomic mass is 32.2. The number of carbonyl (C=O) groups is 1. The van der Waals surface area contributed by atoms with Crippen LogP contribution in [0.3, 0.4) is 0 Å². The highest BCUT2D eigenvalue weighted by Crippen LogP contribution is 2.35. The molecule has 1 aliphatic heterocycles. The van der Waals surface area contributed by atoms with Gasteiger partial charge in [-0.1, -0.05) is 42.5 Å². The van der Waals surface area contributed by atoms with E-state index in [1.165, 1.54) is 11.4 Å². The Morgan fingerprint density at radius 2 is 1.87 bits per heavy atom. The molecular formula is C17H17NO4S.